The minimum absolute atomic E-state index is 0.166. The minimum Gasteiger partial charge on any atom is -0.465 e. The maximum atomic E-state index is 11.6. The molecule has 5 heteroatoms. The zero-order valence-corrected chi connectivity index (χ0v) is 12.4. The summed E-state index contributed by atoms with van der Waals surface area (Å²) in [6.45, 7) is 10.6. The summed E-state index contributed by atoms with van der Waals surface area (Å²) in [7, 11) is 0. The predicted octanol–water partition coefficient (Wildman–Crippen LogP) is 2.38. The summed E-state index contributed by atoms with van der Waals surface area (Å²) in [5.41, 5.74) is 0.972. The molecule has 1 heterocycles. The van der Waals surface area contributed by atoms with Crippen LogP contribution in [0, 0.1) is 0 Å². The number of rotatable bonds is 6. The standard InChI is InChI=1S/C14H23N3O2/c1-6-19-14(18)8-17(11(4)5)13-7-12(10(2)3)15-9-16-13/h7,9-11H,6,8H2,1-5H3. The van der Waals surface area contributed by atoms with Crippen LogP contribution in [0.2, 0.25) is 0 Å². The van der Waals surface area contributed by atoms with E-state index in [1.807, 2.05) is 24.8 Å². The van der Waals surface area contributed by atoms with Crippen LogP contribution < -0.4 is 4.90 Å². The Balaban J connectivity index is 2.92. The lowest BCUT2D eigenvalue weighted by molar-refractivity contribution is -0.141. The van der Waals surface area contributed by atoms with E-state index in [1.54, 1.807) is 13.3 Å². The third-order valence-electron chi connectivity index (χ3n) is 2.79. The second-order valence-electron chi connectivity index (χ2n) is 4.98. The van der Waals surface area contributed by atoms with E-state index in [-0.39, 0.29) is 18.6 Å². The highest BCUT2D eigenvalue weighted by Crippen LogP contribution is 2.18. The third kappa shape index (κ3) is 4.50. The fourth-order valence-electron chi connectivity index (χ4n) is 1.71. The van der Waals surface area contributed by atoms with Gasteiger partial charge in [-0.15, -0.1) is 0 Å². The molecular formula is C14H23N3O2. The van der Waals surface area contributed by atoms with E-state index >= 15 is 0 Å². The molecule has 0 atom stereocenters. The largest absolute Gasteiger partial charge is 0.465 e. The van der Waals surface area contributed by atoms with E-state index in [4.69, 9.17) is 4.74 Å². The van der Waals surface area contributed by atoms with Gasteiger partial charge in [0.25, 0.3) is 0 Å². The topological polar surface area (TPSA) is 55.3 Å². The van der Waals surface area contributed by atoms with Crippen LogP contribution in [0.25, 0.3) is 0 Å². The van der Waals surface area contributed by atoms with E-state index in [2.05, 4.69) is 23.8 Å². The molecule has 5 nitrogen and oxygen atoms in total. The van der Waals surface area contributed by atoms with Crippen LogP contribution >= 0.6 is 0 Å². The molecule has 19 heavy (non-hydrogen) atoms. The predicted molar refractivity (Wildman–Crippen MR) is 75.2 cm³/mol. The molecule has 0 radical (unpaired) electrons. The van der Waals surface area contributed by atoms with Gasteiger partial charge in [-0.05, 0) is 26.7 Å². The van der Waals surface area contributed by atoms with Crippen molar-refractivity contribution in [1.82, 2.24) is 9.97 Å². The molecule has 1 aromatic heterocycles. The third-order valence-corrected chi connectivity index (χ3v) is 2.79. The van der Waals surface area contributed by atoms with E-state index in [0.717, 1.165) is 11.5 Å². The minimum atomic E-state index is -0.235. The van der Waals surface area contributed by atoms with Gasteiger partial charge in [0.1, 0.15) is 18.7 Å². The van der Waals surface area contributed by atoms with E-state index in [9.17, 15) is 4.79 Å². The van der Waals surface area contributed by atoms with Gasteiger partial charge in [-0.25, -0.2) is 9.97 Å². The first kappa shape index (κ1) is 15.4. The SMILES string of the molecule is CCOC(=O)CN(c1cc(C(C)C)ncn1)C(C)C. The summed E-state index contributed by atoms with van der Waals surface area (Å²) < 4.78 is 5.00. The van der Waals surface area contributed by atoms with Gasteiger partial charge in [0.15, 0.2) is 0 Å². The van der Waals surface area contributed by atoms with Crippen molar-refractivity contribution in [3.63, 3.8) is 0 Å². The highest BCUT2D eigenvalue weighted by molar-refractivity contribution is 5.75. The molecule has 1 aromatic rings. The summed E-state index contributed by atoms with van der Waals surface area (Å²) in [6.07, 6.45) is 1.55. The van der Waals surface area contributed by atoms with Crippen LogP contribution in [0.1, 0.15) is 46.2 Å². The van der Waals surface area contributed by atoms with Crippen LogP contribution in [0.3, 0.4) is 0 Å². The lowest BCUT2D eigenvalue weighted by Gasteiger charge is -2.27. The normalized spacial score (nSPS) is 10.9. The van der Waals surface area contributed by atoms with Crippen LogP contribution in [0.15, 0.2) is 12.4 Å². The molecule has 0 aliphatic carbocycles. The molecular weight excluding hydrogens is 242 g/mol. The number of nitrogens with zero attached hydrogens (tertiary/aromatic N) is 3. The monoisotopic (exact) mass is 265 g/mol. The first-order valence-electron chi connectivity index (χ1n) is 6.69. The Hall–Kier alpha value is -1.65. The van der Waals surface area contributed by atoms with E-state index < -0.39 is 0 Å². The van der Waals surface area contributed by atoms with Gasteiger partial charge in [0, 0.05) is 17.8 Å². The van der Waals surface area contributed by atoms with Crippen molar-refractivity contribution in [2.45, 2.75) is 46.6 Å². The van der Waals surface area contributed by atoms with Crippen molar-refractivity contribution in [1.29, 1.82) is 0 Å². The zero-order valence-electron chi connectivity index (χ0n) is 12.4. The van der Waals surface area contributed by atoms with Crippen molar-refractivity contribution in [3.05, 3.63) is 18.1 Å². The maximum Gasteiger partial charge on any atom is 0.325 e. The van der Waals surface area contributed by atoms with Gasteiger partial charge in [0.2, 0.25) is 0 Å². The number of carbonyl (C=O) groups excluding carboxylic acids is 1. The smallest absolute Gasteiger partial charge is 0.325 e. The Morgan fingerprint density at radius 2 is 2.00 bits per heavy atom. The molecule has 0 spiro atoms. The van der Waals surface area contributed by atoms with Gasteiger partial charge in [-0.1, -0.05) is 13.8 Å². The Bertz CT molecular complexity index is 419. The molecule has 0 aliphatic heterocycles. The molecule has 0 fully saturated rings. The van der Waals surface area contributed by atoms with Crippen LogP contribution in [-0.2, 0) is 9.53 Å². The van der Waals surface area contributed by atoms with Crippen LogP contribution in [0.4, 0.5) is 5.82 Å². The van der Waals surface area contributed by atoms with Crippen molar-refractivity contribution < 1.29 is 9.53 Å². The van der Waals surface area contributed by atoms with Gasteiger partial charge >= 0.3 is 5.97 Å². The lowest BCUT2D eigenvalue weighted by atomic mass is 10.1. The Morgan fingerprint density at radius 3 is 2.53 bits per heavy atom. The Kier molecular flexibility index (Phi) is 5.73. The molecule has 0 unspecified atom stereocenters. The Morgan fingerprint density at radius 1 is 1.32 bits per heavy atom. The molecule has 0 aliphatic rings. The summed E-state index contributed by atoms with van der Waals surface area (Å²) in [5, 5.41) is 0. The molecule has 0 saturated heterocycles. The van der Waals surface area contributed by atoms with Gasteiger partial charge in [-0.3, -0.25) is 4.79 Å². The number of ether oxygens (including phenoxy) is 1. The van der Waals surface area contributed by atoms with Gasteiger partial charge in [0.05, 0.1) is 6.61 Å². The number of aromatic nitrogens is 2. The highest BCUT2D eigenvalue weighted by atomic mass is 16.5. The summed E-state index contributed by atoms with van der Waals surface area (Å²) in [5.74, 6) is 0.862. The summed E-state index contributed by atoms with van der Waals surface area (Å²) >= 11 is 0. The first-order chi connectivity index (χ1) is 8.95. The van der Waals surface area contributed by atoms with Crippen molar-refractivity contribution >= 4 is 11.8 Å². The molecule has 0 amide bonds. The fraction of sp³-hybridized carbons (Fsp3) is 0.643. The van der Waals surface area contributed by atoms with E-state index in [1.165, 1.54) is 0 Å². The number of hydrogen-bond donors (Lipinski definition) is 0. The summed E-state index contributed by atoms with van der Waals surface area (Å²) in [4.78, 5) is 22.1. The van der Waals surface area contributed by atoms with Crippen LogP contribution in [-0.4, -0.2) is 35.1 Å². The highest BCUT2D eigenvalue weighted by Gasteiger charge is 2.17. The maximum absolute atomic E-state index is 11.6. The number of esters is 1. The second-order valence-corrected chi connectivity index (χ2v) is 4.98. The quantitative estimate of drug-likeness (QED) is 0.739. The van der Waals surface area contributed by atoms with E-state index in [0.29, 0.717) is 12.5 Å². The van der Waals surface area contributed by atoms with Gasteiger partial charge in [-0.2, -0.15) is 0 Å². The van der Waals surface area contributed by atoms with Crippen molar-refractivity contribution in [3.8, 4) is 0 Å². The zero-order chi connectivity index (χ0) is 14.4. The van der Waals surface area contributed by atoms with Crippen molar-refractivity contribution in [2.24, 2.45) is 0 Å². The Labute approximate surface area is 115 Å². The molecule has 1 rings (SSSR count). The molecule has 0 saturated carbocycles. The van der Waals surface area contributed by atoms with Crippen molar-refractivity contribution in [2.75, 3.05) is 18.1 Å². The molecule has 0 N–H and O–H groups in total. The number of hydrogen-bond acceptors (Lipinski definition) is 5. The summed E-state index contributed by atoms with van der Waals surface area (Å²) in [6, 6.07) is 2.10. The number of carbonyl (C=O) groups is 1. The first-order valence-corrected chi connectivity index (χ1v) is 6.69. The molecule has 0 aromatic carbocycles. The van der Waals surface area contributed by atoms with Gasteiger partial charge < -0.3 is 9.64 Å². The average Bonchev–Trinajstić information content (AvgIpc) is 2.36. The fourth-order valence-corrected chi connectivity index (χ4v) is 1.71. The average molecular weight is 265 g/mol. The van der Waals surface area contributed by atoms with Crippen LogP contribution in [0.5, 0.6) is 0 Å². The molecule has 0 bridgehead atoms. The lowest BCUT2D eigenvalue weighted by Crippen LogP contribution is -2.37. The number of anilines is 1. The molecule has 106 valence electrons. The second kappa shape index (κ2) is 7.07.